The zero-order valence-corrected chi connectivity index (χ0v) is 20.9. The molecule has 1 N–H and O–H groups in total. The molecule has 1 atom stereocenters. The molecule has 4 rings (SSSR count). The van der Waals surface area contributed by atoms with Crippen molar-refractivity contribution in [2.24, 2.45) is 0 Å². The summed E-state index contributed by atoms with van der Waals surface area (Å²) in [6.45, 7) is 10.5. The van der Waals surface area contributed by atoms with E-state index in [0.29, 0.717) is 23.6 Å². The quantitative estimate of drug-likeness (QED) is 0.264. The Hall–Kier alpha value is -3.38. The fourth-order valence-corrected chi connectivity index (χ4v) is 5.02. The van der Waals surface area contributed by atoms with Gasteiger partial charge in [0.25, 0.3) is 11.7 Å². The van der Waals surface area contributed by atoms with E-state index in [1.54, 1.807) is 18.2 Å². The van der Waals surface area contributed by atoms with Crippen molar-refractivity contribution < 1.29 is 19.4 Å². The van der Waals surface area contributed by atoms with E-state index in [4.69, 9.17) is 4.74 Å². The predicted molar refractivity (Wildman–Crippen MR) is 137 cm³/mol. The van der Waals surface area contributed by atoms with Crippen LogP contribution in [0.4, 0.5) is 5.69 Å². The molecule has 3 aromatic rings. The summed E-state index contributed by atoms with van der Waals surface area (Å²) < 4.78 is 5.62. The number of ketones is 1. The summed E-state index contributed by atoms with van der Waals surface area (Å²) in [5.74, 6) is -0.902. The molecule has 0 aliphatic carbocycles. The molecule has 176 valence electrons. The summed E-state index contributed by atoms with van der Waals surface area (Å²) in [4.78, 5) is 29.0. The topological polar surface area (TPSA) is 66.8 Å². The van der Waals surface area contributed by atoms with Gasteiger partial charge in [0, 0.05) is 22.2 Å². The van der Waals surface area contributed by atoms with Crippen LogP contribution in [0.3, 0.4) is 0 Å². The Morgan fingerprint density at radius 1 is 1.09 bits per heavy atom. The number of hydrogen-bond acceptors (Lipinski definition) is 5. The van der Waals surface area contributed by atoms with E-state index in [1.165, 1.54) is 16.2 Å². The Labute approximate surface area is 204 Å². The molecule has 5 nitrogen and oxygen atoms in total. The zero-order valence-electron chi connectivity index (χ0n) is 20.1. The van der Waals surface area contributed by atoms with Crippen molar-refractivity contribution in [3.8, 4) is 5.75 Å². The minimum atomic E-state index is -0.727. The van der Waals surface area contributed by atoms with Crippen LogP contribution in [0.2, 0.25) is 0 Å². The second-order valence-electron chi connectivity index (χ2n) is 9.39. The van der Waals surface area contributed by atoms with Gasteiger partial charge >= 0.3 is 0 Å². The number of Topliss-reactive ketones (excluding diaryl/α,β-unsaturated/α-hetero) is 1. The second kappa shape index (κ2) is 9.11. The van der Waals surface area contributed by atoms with Crippen molar-refractivity contribution in [2.75, 3.05) is 11.5 Å². The summed E-state index contributed by atoms with van der Waals surface area (Å²) in [5, 5.41) is 13.4. The predicted octanol–water partition coefficient (Wildman–Crippen LogP) is 6.38. The third-order valence-corrected chi connectivity index (χ3v) is 6.95. The van der Waals surface area contributed by atoms with Crippen LogP contribution in [0.15, 0.2) is 65.6 Å². The van der Waals surface area contributed by atoms with Crippen LogP contribution in [0.25, 0.3) is 5.76 Å². The van der Waals surface area contributed by atoms with Crippen molar-refractivity contribution in [1.82, 2.24) is 0 Å². The van der Waals surface area contributed by atoms with Gasteiger partial charge in [-0.1, -0.05) is 45.0 Å². The van der Waals surface area contributed by atoms with E-state index in [1.807, 2.05) is 55.6 Å². The molecular formula is C28H29NO4S. The standard InChI is InChI=1S/C28H29NO4S/c1-6-33-20-10-7-9-19(16-20)29-24(22-11-8-14-34-22)23(26(31)27(29)32)25(30)21-15-18(28(3,4)5)13-12-17(21)2/h7-16,24,30H,6H2,1-5H3/b25-23+. The third kappa shape index (κ3) is 4.26. The first-order valence-corrected chi connectivity index (χ1v) is 12.2. The minimum Gasteiger partial charge on any atom is -0.507 e. The van der Waals surface area contributed by atoms with Crippen LogP contribution in [0, 0.1) is 6.92 Å². The molecule has 6 heteroatoms. The van der Waals surface area contributed by atoms with E-state index in [-0.39, 0.29) is 16.7 Å². The normalized spacial score (nSPS) is 17.9. The molecular weight excluding hydrogens is 446 g/mol. The van der Waals surface area contributed by atoms with Crippen LogP contribution < -0.4 is 9.64 Å². The van der Waals surface area contributed by atoms with Crippen molar-refractivity contribution in [3.05, 3.63) is 87.1 Å². The smallest absolute Gasteiger partial charge is 0.300 e. The van der Waals surface area contributed by atoms with Gasteiger partial charge in [0.1, 0.15) is 17.6 Å². The molecule has 1 aromatic heterocycles. The van der Waals surface area contributed by atoms with Gasteiger partial charge in [-0.3, -0.25) is 14.5 Å². The maximum Gasteiger partial charge on any atom is 0.300 e. The number of nitrogens with zero attached hydrogens (tertiary/aromatic N) is 1. The largest absolute Gasteiger partial charge is 0.507 e. The summed E-state index contributed by atoms with van der Waals surface area (Å²) in [7, 11) is 0. The highest BCUT2D eigenvalue weighted by atomic mass is 32.1. The Morgan fingerprint density at radius 2 is 1.85 bits per heavy atom. The number of aliphatic hydroxyl groups is 1. The molecule has 2 heterocycles. The van der Waals surface area contributed by atoms with Crippen molar-refractivity contribution >= 4 is 34.5 Å². The van der Waals surface area contributed by atoms with E-state index >= 15 is 0 Å². The van der Waals surface area contributed by atoms with Crippen molar-refractivity contribution in [3.63, 3.8) is 0 Å². The number of amides is 1. The average Bonchev–Trinajstić information content (AvgIpc) is 3.40. The highest BCUT2D eigenvalue weighted by molar-refractivity contribution is 7.10. The first-order chi connectivity index (χ1) is 16.1. The fraction of sp³-hybridized carbons (Fsp3) is 0.286. The molecule has 34 heavy (non-hydrogen) atoms. The molecule has 1 saturated heterocycles. The molecule has 1 unspecified atom stereocenters. The van der Waals surface area contributed by atoms with E-state index in [2.05, 4.69) is 20.8 Å². The van der Waals surface area contributed by atoms with Gasteiger partial charge in [0.05, 0.1) is 12.2 Å². The lowest BCUT2D eigenvalue weighted by Gasteiger charge is -2.25. The number of hydrogen-bond donors (Lipinski definition) is 1. The molecule has 1 fully saturated rings. The summed E-state index contributed by atoms with van der Waals surface area (Å²) in [6.07, 6.45) is 0. The number of aryl methyl sites for hydroxylation is 1. The van der Waals surface area contributed by atoms with Gasteiger partial charge in [-0.25, -0.2) is 0 Å². The fourth-order valence-electron chi connectivity index (χ4n) is 4.19. The van der Waals surface area contributed by atoms with Crippen molar-refractivity contribution in [2.45, 2.75) is 46.1 Å². The number of carbonyl (C=O) groups is 2. The monoisotopic (exact) mass is 475 g/mol. The van der Waals surface area contributed by atoms with Gasteiger partial charge < -0.3 is 9.84 Å². The lowest BCUT2D eigenvalue weighted by atomic mass is 9.84. The van der Waals surface area contributed by atoms with Gasteiger partial charge in [0.2, 0.25) is 0 Å². The summed E-state index contributed by atoms with van der Waals surface area (Å²) in [5.41, 5.74) is 2.94. The Kier molecular flexibility index (Phi) is 6.36. The van der Waals surface area contributed by atoms with Crippen LogP contribution >= 0.6 is 11.3 Å². The van der Waals surface area contributed by atoms with Crippen LogP contribution in [0.5, 0.6) is 5.75 Å². The van der Waals surface area contributed by atoms with E-state index in [9.17, 15) is 14.7 Å². The third-order valence-electron chi connectivity index (χ3n) is 6.02. The summed E-state index contributed by atoms with van der Waals surface area (Å²) in [6, 6.07) is 16.1. The number of rotatable bonds is 5. The SMILES string of the molecule is CCOc1cccc(N2C(=O)C(=O)/C(=C(/O)c3cc(C(C)(C)C)ccc3C)C2c2cccs2)c1. The number of aliphatic hydroxyl groups excluding tert-OH is 1. The lowest BCUT2D eigenvalue weighted by Crippen LogP contribution is -2.29. The first-order valence-electron chi connectivity index (χ1n) is 11.3. The molecule has 1 amide bonds. The molecule has 1 aliphatic heterocycles. The highest BCUT2D eigenvalue weighted by Crippen LogP contribution is 2.44. The van der Waals surface area contributed by atoms with Gasteiger partial charge in [-0.15, -0.1) is 11.3 Å². The summed E-state index contributed by atoms with van der Waals surface area (Å²) >= 11 is 1.44. The second-order valence-corrected chi connectivity index (χ2v) is 10.4. The minimum absolute atomic E-state index is 0.100. The van der Waals surface area contributed by atoms with Gasteiger partial charge in [-0.2, -0.15) is 0 Å². The number of benzene rings is 2. The van der Waals surface area contributed by atoms with Crippen LogP contribution in [-0.2, 0) is 15.0 Å². The maximum absolute atomic E-state index is 13.4. The average molecular weight is 476 g/mol. The van der Waals surface area contributed by atoms with E-state index in [0.717, 1.165) is 16.0 Å². The first kappa shape index (κ1) is 23.8. The number of ether oxygens (including phenoxy) is 1. The van der Waals surface area contributed by atoms with Gasteiger partial charge in [-0.05, 0) is 60.0 Å². The highest BCUT2D eigenvalue weighted by Gasteiger charge is 2.47. The molecule has 0 radical (unpaired) electrons. The van der Waals surface area contributed by atoms with Crippen LogP contribution in [0.1, 0.15) is 55.3 Å². The molecule has 2 aromatic carbocycles. The number of carbonyl (C=O) groups excluding carboxylic acids is 2. The zero-order chi connectivity index (χ0) is 24.6. The molecule has 0 spiro atoms. The maximum atomic E-state index is 13.4. The van der Waals surface area contributed by atoms with Crippen molar-refractivity contribution in [1.29, 1.82) is 0 Å². The van der Waals surface area contributed by atoms with E-state index < -0.39 is 17.7 Å². The van der Waals surface area contributed by atoms with Gasteiger partial charge in [0.15, 0.2) is 0 Å². The number of anilines is 1. The Morgan fingerprint density at radius 3 is 2.50 bits per heavy atom. The Bertz CT molecular complexity index is 1270. The Balaban J connectivity index is 1.93. The number of thiophene rings is 1. The van der Waals surface area contributed by atoms with Crippen LogP contribution in [-0.4, -0.2) is 23.4 Å². The molecule has 1 aliphatic rings. The molecule has 0 saturated carbocycles. The molecule has 0 bridgehead atoms. The lowest BCUT2D eigenvalue weighted by molar-refractivity contribution is -0.132.